The van der Waals surface area contributed by atoms with E-state index in [9.17, 15) is 4.79 Å². The second-order valence-corrected chi connectivity index (χ2v) is 5.50. The molecular formula is C14H19N5O3. The molecule has 8 nitrogen and oxygen atoms in total. The van der Waals surface area contributed by atoms with Crippen LogP contribution >= 0.6 is 0 Å². The van der Waals surface area contributed by atoms with Gasteiger partial charge in [0.05, 0.1) is 0 Å². The fourth-order valence-electron chi connectivity index (χ4n) is 2.73. The minimum absolute atomic E-state index is 0.106. The molecule has 3 heterocycles. The van der Waals surface area contributed by atoms with Gasteiger partial charge in [0.15, 0.2) is 5.69 Å². The summed E-state index contributed by atoms with van der Waals surface area (Å²) >= 11 is 0. The summed E-state index contributed by atoms with van der Waals surface area (Å²) in [6, 6.07) is 0. The molecule has 0 aromatic carbocycles. The summed E-state index contributed by atoms with van der Waals surface area (Å²) in [5, 5.41) is 10.1. The number of hydrogen-bond acceptors (Lipinski definition) is 6. The maximum absolute atomic E-state index is 12.1. The van der Waals surface area contributed by atoms with Gasteiger partial charge in [0, 0.05) is 38.5 Å². The van der Waals surface area contributed by atoms with Crippen molar-refractivity contribution in [3.63, 3.8) is 0 Å². The lowest BCUT2D eigenvalue weighted by molar-refractivity contribution is -0.0338. The lowest BCUT2D eigenvalue weighted by Crippen LogP contribution is -2.36. The Balaban J connectivity index is 1.66. The van der Waals surface area contributed by atoms with E-state index in [2.05, 4.69) is 25.2 Å². The van der Waals surface area contributed by atoms with E-state index >= 15 is 0 Å². The van der Waals surface area contributed by atoms with Gasteiger partial charge in [-0.2, -0.15) is 0 Å². The molecule has 2 atom stereocenters. The number of aryl methyl sites for hydroxylation is 2. The molecule has 1 amide bonds. The first kappa shape index (κ1) is 14.7. The number of nitrogens with one attached hydrogen (secondary N) is 1. The third kappa shape index (κ3) is 2.87. The van der Waals surface area contributed by atoms with Crippen molar-refractivity contribution < 1.29 is 14.2 Å². The average Bonchev–Trinajstić information content (AvgIpc) is 3.13. The number of nitrogens with zero attached hydrogens (tertiary/aromatic N) is 4. The first-order chi connectivity index (χ1) is 10.7. The standard InChI is InChI=1S/C14H19N5O3/c1-9-11(18-22-17-9)14(20)16-8-10-4-3-7-21-12(10)13-15-5-6-19(13)2/h5-6,10,12H,3-4,7-8H2,1-2H3,(H,16,20)/t10-,12+/m0/s1. The van der Waals surface area contributed by atoms with Crippen LogP contribution in [0.3, 0.4) is 0 Å². The summed E-state index contributed by atoms with van der Waals surface area (Å²) in [4.78, 5) is 16.5. The Morgan fingerprint density at radius 1 is 1.50 bits per heavy atom. The number of carbonyl (C=O) groups excluding carboxylic acids is 1. The highest BCUT2D eigenvalue weighted by Gasteiger charge is 2.31. The van der Waals surface area contributed by atoms with E-state index in [0.717, 1.165) is 18.7 Å². The molecule has 22 heavy (non-hydrogen) atoms. The molecule has 2 aromatic rings. The van der Waals surface area contributed by atoms with Crippen LogP contribution in [0.2, 0.25) is 0 Å². The fraction of sp³-hybridized carbons (Fsp3) is 0.571. The third-order valence-electron chi connectivity index (χ3n) is 3.95. The molecular weight excluding hydrogens is 286 g/mol. The molecule has 3 rings (SSSR count). The zero-order valence-corrected chi connectivity index (χ0v) is 12.7. The predicted molar refractivity (Wildman–Crippen MR) is 76.0 cm³/mol. The van der Waals surface area contributed by atoms with Crippen LogP contribution in [0, 0.1) is 12.8 Å². The average molecular weight is 305 g/mol. The number of imidazole rings is 1. The normalized spacial score (nSPS) is 21.7. The third-order valence-corrected chi connectivity index (χ3v) is 3.95. The number of ether oxygens (including phenoxy) is 1. The van der Waals surface area contributed by atoms with Gasteiger partial charge >= 0.3 is 0 Å². The maximum atomic E-state index is 12.1. The van der Waals surface area contributed by atoms with Crippen LogP contribution in [-0.2, 0) is 11.8 Å². The molecule has 1 aliphatic rings. The highest BCUT2D eigenvalue weighted by Crippen LogP contribution is 2.32. The van der Waals surface area contributed by atoms with Crippen LogP contribution in [0.15, 0.2) is 17.0 Å². The summed E-state index contributed by atoms with van der Waals surface area (Å²) in [7, 11) is 1.94. The van der Waals surface area contributed by atoms with Crippen molar-refractivity contribution in [2.24, 2.45) is 13.0 Å². The zero-order valence-electron chi connectivity index (χ0n) is 12.7. The smallest absolute Gasteiger partial charge is 0.275 e. The van der Waals surface area contributed by atoms with Crippen LogP contribution in [-0.4, -0.2) is 38.9 Å². The van der Waals surface area contributed by atoms with Crippen LogP contribution in [0.5, 0.6) is 0 Å². The summed E-state index contributed by atoms with van der Waals surface area (Å²) in [6.07, 6.45) is 5.51. The Bertz CT molecular complexity index is 650. The number of rotatable bonds is 4. The van der Waals surface area contributed by atoms with Crippen LogP contribution in [0.25, 0.3) is 0 Å². The molecule has 1 saturated heterocycles. The summed E-state index contributed by atoms with van der Waals surface area (Å²) in [5.74, 6) is 0.792. The Morgan fingerprint density at radius 2 is 2.36 bits per heavy atom. The van der Waals surface area contributed by atoms with E-state index < -0.39 is 0 Å². The van der Waals surface area contributed by atoms with E-state index in [4.69, 9.17) is 4.74 Å². The quantitative estimate of drug-likeness (QED) is 0.905. The number of aromatic nitrogens is 4. The highest BCUT2D eigenvalue weighted by molar-refractivity contribution is 5.92. The molecule has 0 spiro atoms. The summed E-state index contributed by atoms with van der Waals surface area (Å²) in [6.45, 7) is 2.91. The number of hydrogen-bond donors (Lipinski definition) is 1. The van der Waals surface area contributed by atoms with Crippen molar-refractivity contribution in [2.75, 3.05) is 13.2 Å². The molecule has 0 aliphatic carbocycles. The van der Waals surface area contributed by atoms with Gasteiger partial charge in [-0.25, -0.2) is 9.61 Å². The van der Waals surface area contributed by atoms with Gasteiger partial charge < -0.3 is 14.6 Å². The minimum Gasteiger partial charge on any atom is -0.370 e. The largest absolute Gasteiger partial charge is 0.370 e. The van der Waals surface area contributed by atoms with Crippen molar-refractivity contribution >= 4 is 5.91 Å². The Labute approximate surface area is 127 Å². The Morgan fingerprint density at radius 3 is 3.05 bits per heavy atom. The summed E-state index contributed by atoms with van der Waals surface area (Å²) in [5.41, 5.74) is 0.711. The molecule has 1 fully saturated rings. The molecule has 0 saturated carbocycles. The minimum atomic E-state index is -0.275. The van der Waals surface area contributed by atoms with Gasteiger partial charge in [0.25, 0.3) is 5.91 Å². The fourth-order valence-corrected chi connectivity index (χ4v) is 2.73. The van der Waals surface area contributed by atoms with Crippen LogP contribution in [0.1, 0.15) is 41.0 Å². The van der Waals surface area contributed by atoms with Crippen molar-refractivity contribution in [3.05, 3.63) is 29.6 Å². The van der Waals surface area contributed by atoms with Gasteiger partial charge in [0.1, 0.15) is 17.6 Å². The molecule has 2 aromatic heterocycles. The van der Waals surface area contributed by atoms with Crippen molar-refractivity contribution in [3.8, 4) is 0 Å². The first-order valence-electron chi connectivity index (χ1n) is 7.33. The van der Waals surface area contributed by atoms with Crippen molar-refractivity contribution in [1.29, 1.82) is 0 Å². The molecule has 1 aliphatic heterocycles. The highest BCUT2D eigenvalue weighted by atomic mass is 16.6. The first-order valence-corrected chi connectivity index (χ1v) is 7.33. The van der Waals surface area contributed by atoms with Gasteiger partial charge in [-0.15, -0.1) is 0 Å². The topological polar surface area (TPSA) is 95.1 Å². The molecule has 1 N–H and O–H groups in total. The Kier molecular flexibility index (Phi) is 4.19. The molecule has 0 bridgehead atoms. The molecule has 0 radical (unpaired) electrons. The Hall–Kier alpha value is -2.22. The maximum Gasteiger partial charge on any atom is 0.275 e. The zero-order chi connectivity index (χ0) is 15.5. The molecule has 118 valence electrons. The van der Waals surface area contributed by atoms with Gasteiger partial charge in [-0.1, -0.05) is 5.16 Å². The number of amides is 1. The van der Waals surface area contributed by atoms with Crippen molar-refractivity contribution in [1.82, 2.24) is 25.2 Å². The van der Waals surface area contributed by atoms with Crippen LogP contribution in [0.4, 0.5) is 0 Å². The lowest BCUT2D eigenvalue weighted by atomic mass is 9.93. The number of carbonyl (C=O) groups is 1. The molecule has 0 unspecified atom stereocenters. The van der Waals surface area contributed by atoms with E-state index in [1.165, 1.54) is 0 Å². The van der Waals surface area contributed by atoms with Crippen molar-refractivity contribution in [2.45, 2.75) is 25.9 Å². The van der Waals surface area contributed by atoms with E-state index in [1.807, 2.05) is 17.8 Å². The summed E-state index contributed by atoms with van der Waals surface area (Å²) < 4.78 is 12.4. The second-order valence-electron chi connectivity index (χ2n) is 5.50. The predicted octanol–water partition coefficient (Wildman–Crippen LogP) is 1.01. The van der Waals surface area contributed by atoms with E-state index in [1.54, 1.807) is 13.1 Å². The van der Waals surface area contributed by atoms with Crippen LogP contribution < -0.4 is 5.32 Å². The van der Waals surface area contributed by atoms with E-state index in [0.29, 0.717) is 18.8 Å². The SMILES string of the molecule is Cc1nonc1C(=O)NC[C@@H]1CCCO[C@H]1c1nccn1C. The molecule has 8 heteroatoms. The second kappa shape index (κ2) is 6.27. The van der Waals surface area contributed by atoms with Gasteiger partial charge in [0.2, 0.25) is 0 Å². The van der Waals surface area contributed by atoms with Gasteiger partial charge in [-0.3, -0.25) is 4.79 Å². The lowest BCUT2D eigenvalue weighted by Gasteiger charge is -2.31. The monoisotopic (exact) mass is 305 g/mol. The van der Waals surface area contributed by atoms with E-state index in [-0.39, 0.29) is 23.6 Å². The van der Waals surface area contributed by atoms with Gasteiger partial charge in [-0.05, 0) is 24.9 Å².